The number of nitrogens with one attached hydrogen (secondary N) is 2. The minimum Gasteiger partial charge on any atom is -0.465 e. The molecule has 106 valence electrons. The van der Waals surface area contributed by atoms with Gasteiger partial charge >= 0.3 is 5.97 Å². The second-order valence-electron chi connectivity index (χ2n) is 4.30. The normalized spacial score (nSPS) is 19.3. The Labute approximate surface area is 119 Å². The summed E-state index contributed by atoms with van der Waals surface area (Å²) in [4.78, 5) is 35.1. The summed E-state index contributed by atoms with van der Waals surface area (Å²) < 4.78 is 4.62. The van der Waals surface area contributed by atoms with E-state index in [1.54, 1.807) is 24.3 Å². The molecule has 0 radical (unpaired) electrons. The van der Waals surface area contributed by atoms with Crippen LogP contribution < -0.4 is 10.6 Å². The number of benzene rings is 1. The van der Waals surface area contributed by atoms with E-state index in [0.717, 1.165) is 0 Å². The lowest BCUT2D eigenvalue weighted by atomic mass is 10.2. The quantitative estimate of drug-likeness (QED) is 0.756. The molecule has 2 aliphatic heterocycles. The molecule has 2 N–H and O–H groups in total. The van der Waals surface area contributed by atoms with Crippen molar-refractivity contribution in [2.75, 3.05) is 12.4 Å². The van der Waals surface area contributed by atoms with Crippen LogP contribution >= 0.6 is 0 Å². The predicted molar refractivity (Wildman–Crippen MR) is 76.7 cm³/mol. The van der Waals surface area contributed by atoms with Crippen LogP contribution in [0.25, 0.3) is 0 Å². The first kappa shape index (κ1) is 13.0. The number of aliphatic imine (C=N–C) groups is 3. The van der Waals surface area contributed by atoms with Crippen LogP contribution in [0.2, 0.25) is 0 Å². The van der Waals surface area contributed by atoms with Gasteiger partial charge in [0, 0.05) is 5.69 Å². The topological polar surface area (TPSA) is 105 Å². The van der Waals surface area contributed by atoms with Crippen molar-refractivity contribution >= 4 is 35.7 Å². The maximum atomic E-state index is 11.8. The first-order valence-corrected chi connectivity index (χ1v) is 6.11. The number of rotatable bonds is 2. The van der Waals surface area contributed by atoms with Crippen molar-refractivity contribution in [2.24, 2.45) is 15.0 Å². The molecule has 8 nitrogen and oxygen atoms in total. The SMILES string of the molecule is COC(=O)c1ccc(NC2=NC3=NC=NC3C(=O)N2)cc1. The highest BCUT2D eigenvalue weighted by molar-refractivity contribution is 6.24. The van der Waals surface area contributed by atoms with Crippen LogP contribution in [0.4, 0.5) is 5.69 Å². The van der Waals surface area contributed by atoms with Crippen molar-refractivity contribution in [3.63, 3.8) is 0 Å². The van der Waals surface area contributed by atoms with Gasteiger partial charge in [0.2, 0.25) is 5.96 Å². The lowest BCUT2D eigenvalue weighted by molar-refractivity contribution is -0.119. The number of esters is 1. The van der Waals surface area contributed by atoms with Crippen LogP contribution in [0.3, 0.4) is 0 Å². The van der Waals surface area contributed by atoms with Crippen LogP contribution in [0.15, 0.2) is 39.2 Å². The molecule has 1 unspecified atom stereocenters. The van der Waals surface area contributed by atoms with E-state index in [-0.39, 0.29) is 11.9 Å². The first-order valence-electron chi connectivity index (χ1n) is 6.11. The van der Waals surface area contributed by atoms with Crippen molar-refractivity contribution in [1.29, 1.82) is 0 Å². The van der Waals surface area contributed by atoms with E-state index in [1.165, 1.54) is 13.4 Å². The van der Waals surface area contributed by atoms with Gasteiger partial charge in [0.05, 0.1) is 12.7 Å². The molecule has 1 aromatic rings. The molecule has 1 atom stereocenters. The van der Waals surface area contributed by atoms with Gasteiger partial charge in [-0.05, 0) is 24.3 Å². The molecule has 1 aromatic carbocycles. The van der Waals surface area contributed by atoms with Gasteiger partial charge in [0.15, 0.2) is 11.9 Å². The number of fused-ring (bicyclic) bond motifs is 1. The molecule has 1 amide bonds. The fourth-order valence-electron chi connectivity index (χ4n) is 1.90. The highest BCUT2D eigenvalue weighted by Crippen LogP contribution is 2.12. The van der Waals surface area contributed by atoms with E-state index >= 15 is 0 Å². The number of amides is 1. The van der Waals surface area contributed by atoms with Gasteiger partial charge in [-0.15, -0.1) is 0 Å². The minimum atomic E-state index is -0.655. The predicted octanol–water partition coefficient (Wildman–Crippen LogP) is 0.180. The van der Waals surface area contributed by atoms with Crippen LogP contribution in [0, 0.1) is 0 Å². The molecule has 21 heavy (non-hydrogen) atoms. The van der Waals surface area contributed by atoms with Gasteiger partial charge in [-0.2, -0.15) is 4.99 Å². The highest BCUT2D eigenvalue weighted by Gasteiger charge is 2.31. The molecule has 3 rings (SSSR count). The molecule has 0 spiro atoms. The fraction of sp³-hybridized carbons (Fsp3) is 0.154. The number of hydrogen-bond donors (Lipinski definition) is 2. The lowest BCUT2D eigenvalue weighted by Crippen LogP contribution is -2.48. The largest absolute Gasteiger partial charge is 0.465 e. The summed E-state index contributed by atoms with van der Waals surface area (Å²) in [6, 6.07) is 5.92. The zero-order valence-corrected chi connectivity index (χ0v) is 11.0. The Morgan fingerprint density at radius 2 is 2.10 bits per heavy atom. The first-order chi connectivity index (χ1) is 10.2. The zero-order valence-electron chi connectivity index (χ0n) is 11.0. The van der Waals surface area contributed by atoms with Crippen molar-refractivity contribution in [3.05, 3.63) is 29.8 Å². The van der Waals surface area contributed by atoms with Gasteiger partial charge in [0.1, 0.15) is 6.34 Å². The van der Waals surface area contributed by atoms with Gasteiger partial charge in [-0.3, -0.25) is 15.1 Å². The Kier molecular flexibility index (Phi) is 3.19. The minimum absolute atomic E-state index is 0.270. The zero-order chi connectivity index (χ0) is 14.8. The third-order valence-corrected chi connectivity index (χ3v) is 2.94. The summed E-state index contributed by atoms with van der Waals surface area (Å²) in [6.45, 7) is 0. The van der Waals surface area contributed by atoms with E-state index in [1.807, 2.05) is 0 Å². The maximum Gasteiger partial charge on any atom is 0.337 e. The van der Waals surface area contributed by atoms with Crippen molar-refractivity contribution in [2.45, 2.75) is 6.04 Å². The summed E-state index contributed by atoms with van der Waals surface area (Å²) in [6.07, 6.45) is 1.32. The number of carbonyl (C=O) groups is 2. The van der Waals surface area contributed by atoms with E-state index in [9.17, 15) is 9.59 Å². The van der Waals surface area contributed by atoms with E-state index in [0.29, 0.717) is 17.1 Å². The molecule has 0 saturated heterocycles. The van der Waals surface area contributed by atoms with Crippen LogP contribution in [-0.4, -0.2) is 43.2 Å². The molecule has 0 bridgehead atoms. The molecule has 0 aromatic heterocycles. The molecule has 8 heteroatoms. The third kappa shape index (κ3) is 2.50. The Hall–Kier alpha value is -3.03. The average Bonchev–Trinajstić information content (AvgIpc) is 2.96. The molecule has 0 aliphatic carbocycles. The molecule has 0 saturated carbocycles. The van der Waals surface area contributed by atoms with Crippen LogP contribution in [-0.2, 0) is 9.53 Å². The molecule has 2 heterocycles. The Bertz CT molecular complexity index is 690. The molecule has 2 aliphatic rings. The number of guanidine groups is 1. The standard InChI is InChI=1S/C13H11N5O3/c1-21-12(20)7-2-4-8(5-3-7)16-13-17-10-9(11(19)18-13)14-6-15-10/h2-6,9H,1H3,(H2,14,15,16,17,18,19). The van der Waals surface area contributed by atoms with E-state index in [4.69, 9.17) is 0 Å². The van der Waals surface area contributed by atoms with Gasteiger partial charge in [0.25, 0.3) is 5.91 Å². The average molecular weight is 285 g/mol. The lowest BCUT2D eigenvalue weighted by Gasteiger charge is -2.18. The van der Waals surface area contributed by atoms with Crippen molar-refractivity contribution in [3.8, 4) is 0 Å². The number of methoxy groups -OCH3 is 1. The van der Waals surface area contributed by atoms with Gasteiger partial charge < -0.3 is 10.1 Å². The van der Waals surface area contributed by atoms with Crippen molar-refractivity contribution in [1.82, 2.24) is 5.32 Å². The van der Waals surface area contributed by atoms with E-state index in [2.05, 4.69) is 30.3 Å². The number of nitrogens with zero attached hydrogens (tertiary/aromatic N) is 3. The second kappa shape index (κ2) is 5.16. The molecular formula is C13H11N5O3. The second-order valence-corrected chi connectivity index (χ2v) is 4.30. The van der Waals surface area contributed by atoms with E-state index < -0.39 is 12.0 Å². The third-order valence-electron chi connectivity index (χ3n) is 2.94. The summed E-state index contributed by atoms with van der Waals surface area (Å²) in [7, 11) is 1.32. The summed E-state index contributed by atoms with van der Waals surface area (Å²) in [5.41, 5.74) is 1.10. The van der Waals surface area contributed by atoms with Gasteiger partial charge in [-0.25, -0.2) is 9.79 Å². The van der Waals surface area contributed by atoms with Gasteiger partial charge in [-0.1, -0.05) is 0 Å². The maximum absolute atomic E-state index is 11.8. The van der Waals surface area contributed by atoms with Crippen molar-refractivity contribution < 1.29 is 14.3 Å². The molecular weight excluding hydrogens is 274 g/mol. The number of hydrogen-bond acceptors (Lipinski definition) is 7. The monoisotopic (exact) mass is 285 g/mol. The number of ether oxygens (including phenoxy) is 1. The Morgan fingerprint density at radius 1 is 1.33 bits per heavy atom. The Morgan fingerprint density at radius 3 is 2.81 bits per heavy atom. The summed E-state index contributed by atoms with van der Waals surface area (Å²) >= 11 is 0. The Balaban J connectivity index is 1.75. The molecule has 0 fully saturated rings. The number of amidine groups is 1. The smallest absolute Gasteiger partial charge is 0.337 e. The number of anilines is 1. The number of carbonyl (C=O) groups excluding carboxylic acids is 2. The van der Waals surface area contributed by atoms with Crippen LogP contribution in [0.5, 0.6) is 0 Å². The fourth-order valence-corrected chi connectivity index (χ4v) is 1.90. The highest BCUT2D eigenvalue weighted by atomic mass is 16.5. The summed E-state index contributed by atoms with van der Waals surface area (Å²) in [5.74, 6) is -0.0740. The van der Waals surface area contributed by atoms with Crippen LogP contribution in [0.1, 0.15) is 10.4 Å². The summed E-state index contributed by atoms with van der Waals surface area (Å²) in [5, 5.41) is 5.54.